The molecule has 0 aliphatic carbocycles. The van der Waals surface area contributed by atoms with Crippen molar-refractivity contribution in [3.63, 3.8) is 0 Å². The summed E-state index contributed by atoms with van der Waals surface area (Å²) in [5.41, 5.74) is 1.35. The molecule has 0 spiro atoms. The van der Waals surface area contributed by atoms with Gasteiger partial charge in [0.05, 0.1) is 18.3 Å². The fourth-order valence-corrected chi connectivity index (χ4v) is 2.70. The highest BCUT2D eigenvalue weighted by Crippen LogP contribution is 2.24. The third kappa shape index (κ3) is 3.63. The van der Waals surface area contributed by atoms with Crippen LogP contribution in [0.1, 0.15) is 43.6 Å². The Hall–Kier alpha value is -2.89. The standard InChI is InChI=1S/C19H22N4O2/c1-3-5-6-9-12-22-14-18(20-21-22)23-16-11-8-7-10-15(16)13-17(23)19(24)25-4-2/h7-14H,3-6H2,1-2H3/b12-9+. The van der Waals surface area contributed by atoms with Gasteiger partial charge in [-0.3, -0.25) is 4.57 Å². The van der Waals surface area contributed by atoms with Crippen molar-refractivity contribution in [2.24, 2.45) is 0 Å². The van der Waals surface area contributed by atoms with E-state index in [1.54, 1.807) is 22.4 Å². The molecular formula is C19H22N4O2. The minimum absolute atomic E-state index is 0.327. The van der Waals surface area contributed by atoms with E-state index in [0.29, 0.717) is 18.1 Å². The number of carbonyl (C=O) groups is 1. The average Bonchev–Trinajstić information content (AvgIpc) is 3.23. The molecule has 25 heavy (non-hydrogen) atoms. The van der Waals surface area contributed by atoms with Crippen molar-refractivity contribution in [2.75, 3.05) is 6.61 Å². The molecule has 0 radical (unpaired) electrons. The molecule has 130 valence electrons. The first kappa shape index (κ1) is 17.0. The van der Waals surface area contributed by atoms with Gasteiger partial charge >= 0.3 is 5.97 Å². The highest BCUT2D eigenvalue weighted by Gasteiger charge is 2.19. The lowest BCUT2D eigenvalue weighted by atomic mass is 10.2. The molecule has 0 aliphatic rings. The van der Waals surface area contributed by atoms with Crippen LogP contribution in [0.4, 0.5) is 0 Å². The zero-order valence-electron chi connectivity index (χ0n) is 14.6. The highest BCUT2D eigenvalue weighted by atomic mass is 16.5. The maximum atomic E-state index is 12.3. The molecule has 0 atom stereocenters. The Morgan fingerprint density at radius 2 is 2.12 bits per heavy atom. The van der Waals surface area contributed by atoms with Crippen molar-refractivity contribution in [3.8, 4) is 5.82 Å². The number of hydrogen-bond donors (Lipinski definition) is 0. The molecule has 1 aromatic carbocycles. The Bertz CT molecular complexity index is 892. The zero-order chi connectivity index (χ0) is 17.6. The molecule has 0 fully saturated rings. The molecule has 2 heterocycles. The molecule has 6 heteroatoms. The van der Waals surface area contributed by atoms with Crippen LogP contribution in [0.5, 0.6) is 0 Å². The van der Waals surface area contributed by atoms with Crippen molar-refractivity contribution in [1.29, 1.82) is 0 Å². The van der Waals surface area contributed by atoms with Gasteiger partial charge in [0.1, 0.15) is 5.69 Å². The van der Waals surface area contributed by atoms with E-state index in [0.717, 1.165) is 30.2 Å². The van der Waals surface area contributed by atoms with Crippen LogP contribution in [-0.2, 0) is 4.74 Å². The molecule has 0 aliphatic heterocycles. The second kappa shape index (κ2) is 7.79. The molecule has 0 saturated heterocycles. The fraction of sp³-hybridized carbons (Fsp3) is 0.316. The molecule has 6 nitrogen and oxygen atoms in total. The van der Waals surface area contributed by atoms with Gasteiger partial charge in [-0.2, -0.15) is 0 Å². The Labute approximate surface area is 146 Å². The molecule has 0 unspecified atom stereocenters. The van der Waals surface area contributed by atoms with E-state index in [2.05, 4.69) is 23.3 Å². The Morgan fingerprint density at radius 3 is 2.92 bits per heavy atom. The van der Waals surface area contributed by atoms with Crippen molar-refractivity contribution in [1.82, 2.24) is 19.6 Å². The quantitative estimate of drug-likeness (QED) is 0.481. The van der Waals surface area contributed by atoms with E-state index in [1.165, 1.54) is 0 Å². The minimum Gasteiger partial charge on any atom is -0.461 e. The number of carbonyl (C=O) groups excluding carboxylic acids is 1. The van der Waals surface area contributed by atoms with Crippen LogP contribution in [0.2, 0.25) is 0 Å². The summed E-state index contributed by atoms with van der Waals surface area (Å²) in [4.78, 5) is 12.3. The van der Waals surface area contributed by atoms with E-state index < -0.39 is 0 Å². The van der Waals surface area contributed by atoms with E-state index in [4.69, 9.17) is 4.74 Å². The number of para-hydroxylation sites is 1. The number of unbranched alkanes of at least 4 members (excludes halogenated alkanes) is 2. The topological polar surface area (TPSA) is 61.9 Å². The maximum absolute atomic E-state index is 12.3. The smallest absolute Gasteiger partial charge is 0.355 e. The number of benzene rings is 1. The van der Waals surface area contributed by atoms with Crippen LogP contribution in [0, 0.1) is 0 Å². The highest BCUT2D eigenvalue weighted by molar-refractivity contribution is 5.96. The first-order valence-electron chi connectivity index (χ1n) is 8.61. The SMILES string of the molecule is CCCC/C=C/n1cc(-n2c(C(=O)OCC)cc3ccccc32)nn1. The number of esters is 1. The second-order valence-electron chi connectivity index (χ2n) is 5.73. The molecule has 3 aromatic rings. The third-order valence-electron chi connectivity index (χ3n) is 3.91. The lowest BCUT2D eigenvalue weighted by molar-refractivity contribution is 0.0517. The van der Waals surface area contributed by atoms with Gasteiger partial charge in [0, 0.05) is 11.6 Å². The van der Waals surface area contributed by atoms with E-state index >= 15 is 0 Å². The molecule has 3 rings (SSSR count). The third-order valence-corrected chi connectivity index (χ3v) is 3.91. The summed E-state index contributed by atoms with van der Waals surface area (Å²) in [5.74, 6) is 0.219. The average molecular weight is 338 g/mol. The number of ether oxygens (including phenoxy) is 1. The Morgan fingerprint density at radius 1 is 1.28 bits per heavy atom. The number of hydrogen-bond acceptors (Lipinski definition) is 4. The summed E-state index contributed by atoms with van der Waals surface area (Å²) < 4.78 is 8.64. The van der Waals surface area contributed by atoms with Gasteiger partial charge in [-0.05, 0) is 25.5 Å². The summed E-state index contributed by atoms with van der Waals surface area (Å²) in [6.45, 7) is 4.28. The lowest BCUT2D eigenvalue weighted by Gasteiger charge is -2.06. The summed E-state index contributed by atoms with van der Waals surface area (Å²) in [7, 11) is 0. The number of allylic oxidation sites excluding steroid dienone is 1. The number of nitrogens with zero attached hydrogens (tertiary/aromatic N) is 4. The molecule has 0 N–H and O–H groups in total. The van der Waals surface area contributed by atoms with E-state index in [9.17, 15) is 4.79 Å². The molecule has 0 amide bonds. The zero-order valence-corrected chi connectivity index (χ0v) is 14.6. The van der Waals surface area contributed by atoms with Crippen LogP contribution >= 0.6 is 0 Å². The molecular weight excluding hydrogens is 316 g/mol. The van der Waals surface area contributed by atoms with Crippen molar-refractivity contribution in [2.45, 2.75) is 33.1 Å². The van der Waals surface area contributed by atoms with Crippen LogP contribution in [0.25, 0.3) is 22.9 Å². The predicted molar refractivity (Wildman–Crippen MR) is 97.7 cm³/mol. The first-order valence-corrected chi connectivity index (χ1v) is 8.61. The Balaban J connectivity index is 2.00. The van der Waals surface area contributed by atoms with Gasteiger partial charge in [0.2, 0.25) is 0 Å². The fourth-order valence-electron chi connectivity index (χ4n) is 2.70. The molecule has 0 saturated carbocycles. The van der Waals surface area contributed by atoms with Gasteiger partial charge in [0.15, 0.2) is 5.82 Å². The van der Waals surface area contributed by atoms with Gasteiger partial charge in [0.25, 0.3) is 0 Å². The first-order chi connectivity index (χ1) is 12.2. The minimum atomic E-state index is -0.369. The Kier molecular flexibility index (Phi) is 5.28. The van der Waals surface area contributed by atoms with Crippen LogP contribution in [0.15, 0.2) is 42.6 Å². The largest absolute Gasteiger partial charge is 0.461 e. The van der Waals surface area contributed by atoms with Crippen LogP contribution < -0.4 is 0 Å². The number of rotatable bonds is 7. The van der Waals surface area contributed by atoms with Crippen molar-refractivity contribution < 1.29 is 9.53 Å². The van der Waals surface area contributed by atoms with Crippen LogP contribution in [0.3, 0.4) is 0 Å². The predicted octanol–water partition coefficient (Wildman–Crippen LogP) is 4.06. The van der Waals surface area contributed by atoms with Gasteiger partial charge in [-0.15, -0.1) is 5.10 Å². The second-order valence-corrected chi connectivity index (χ2v) is 5.73. The van der Waals surface area contributed by atoms with Crippen molar-refractivity contribution in [3.05, 3.63) is 48.3 Å². The number of aromatic nitrogens is 4. The van der Waals surface area contributed by atoms with Gasteiger partial charge < -0.3 is 4.74 Å². The van der Waals surface area contributed by atoms with Crippen molar-refractivity contribution >= 4 is 23.1 Å². The van der Waals surface area contributed by atoms with E-state index in [1.807, 2.05) is 36.5 Å². The maximum Gasteiger partial charge on any atom is 0.355 e. The van der Waals surface area contributed by atoms with Gasteiger partial charge in [-0.1, -0.05) is 49.3 Å². The van der Waals surface area contributed by atoms with Crippen LogP contribution in [-0.4, -0.2) is 32.1 Å². The molecule has 2 aromatic heterocycles. The number of fused-ring (bicyclic) bond motifs is 1. The van der Waals surface area contributed by atoms with Gasteiger partial charge in [-0.25, -0.2) is 9.48 Å². The lowest BCUT2D eigenvalue weighted by Crippen LogP contribution is -2.11. The molecule has 0 bridgehead atoms. The summed E-state index contributed by atoms with van der Waals surface area (Å²) >= 11 is 0. The monoisotopic (exact) mass is 338 g/mol. The summed E-state index contributed by atoms with van der Waals surface area (Å²) in [5, 5.41) is 9.31. The summed E-state index contributed by atoms with van der Waals surface area (Å²) in [6, 6.07) is 9.61. The summed E-state index contributed by atoms with van der Waals surface area (Å²) in [6.07, 6.45) is 9.08. The normalized spacial score (nSPS) is 11.4. The van der Waals surface area contributed by atoms with E-state index in [-0.39, 0.29) is 5.97 Å².